The van der Waals surface area contributed by atoms with E-state index in [0.29, 0.717) is 30.9 Å². The highest BCUT2D eigenvalue weighted by Gasteiger charge is 2.17. The van der Waals surface area contributed by atoms with E-state index in [-0.39, 0.29) is 17.6 Å². The number of Topliss-reactive ketones (excluding diaryl/α,β-unsaturated/α-hetero) is 1. The molecule has 5 heteroatoms. The fraction of sp³-hybridized carbons (Fsp3) is 0.300. The van der Waals surface area contributed by atoms with E-state index >= 15 is 0 Å². The van der Waals surface area contributed by atoms with Crippen LogP contribution in [0.15, 0.2) is 42.5 Å². The van der Waals surface area contributed by atoms with Crippen LogP contribution in [-0.2, 0) is 4.79 Å². The van der Waals surface area contributed by atoms with Crippen molar-refractivity contribution in [3.05, 3.63) is 53.6 Å². The molecule has 25 heavy (non-hydrogen) atoms. The van der Waals surface area contributed by atoms with Crippen LogP contribution in [0.3, 0.4) is 0 Å². The number of rotatable bonds is 5. The average Bonchev–Trinajstić information content (AvgIpc) is 2.61. The quantitative estimate of drug-likeness (QED) is 0.842. The molecule has 130 valence electrons. The van der Waals surface area contributed by atoms with E-state index in [1.165, 1.54) is 6.92 Å². The van der Waals surface area contributed by atoms with Crippen molar-refractivity contribution in [1.29, 1.82) is 0 Å². The van der Waals surface area contributed by atoms with Crippen LogP contribution < -0.4 is 14.8 Å². The van der Waals surface area contributed by atoms with Crippen molar-refractivity contribution < 1.29 is 19.1 Å². The zero-order chi connectivity index (χ0) is 17.8. The predicted molar refractivity (Wildman–Crippen MR) is 95.5 cm³/mol. The van der Waals surface area contributed by atoms with E-state index in [2.05, 4.69) is 5.32 Å². The van der Waals surface area contributed by atoms with Gasteiger partial charge in [0.1, 0.15) is 13.2 Å². The van der Waals surface area contributed by atoms with Gasteiger partial charge in [0, 0.05) is 17.7 Å². The summed E-state index contributed by atoms with van der Waals surface area (Å²) in [6.45, 7) is 4.60. The van der Waals surface area contributed by atoms with E-state index in [4.69, 9.17) is 9.47 Å². The summed E-state index contributed by atoms with van der Waals surface area (Å²) in [4.78, 5) is 23.7. The Morgan fingerprint density at radius 1 is 1.08 bits per heavy atom. The molecule has 1 unspecified atom stereocenters. The fourth-order valence-electron chi connectivity index (χ4n) is 2.79. The average molecular weight is 339 g/mol. The summed E-state index contributed by atoms with van der Waals surface area (Å²) in [6.07, 6.45) is 0.337. The molecule has 0 fully saturated rings. The first-order valence-electron chi connectivity index (χ1n) is 8.33. The Hall–Kier alpha value is -2.82. The Bertz CT molecular complexity index is 800. The first-order chi connectivity index (χ1) is 12.0. The molecule has 1 aliphatic heterocycles. The van der Waals surface area contributed by atoms with Gasteiger partial charge in [0.25, 0.3) is 0 Å². The fourth-order valence-corrected chi connectivity index (χ4v) is 2.79. The molecule has 0 aromatic heterocycles. The number of hydrogen-bond donors (Lipinski definition) is 1. The lowest BCUT2D eigenvalue weighted by molar-refractivity contribution is -0.116. The molecule has 3 rings (SSSR count). The topological polar surface area (TPSA) is 64.6 Å². The number of hydrogen-bond acceptors (Lipinski definition) is 4. The second-order valence-corrected chi connectivity index (χ2v) is 6.19. The molecule has 1 aliphatic rings. The monoisotopic (exact) mass is 339 g/mol. The van der Waals surface area contributed by atoms with Crippen molar-refractivity contribution >= 4 is 17.4 Å². The largest absolute Gasteiger partial charge is 0.486 e. The molecule has 1 amide bonds. The van der Waals surface area contributed by atoms with Crippen LogP contribution in [0.4, 0.5) is 5.69 Å². The molecular weight excluding hydrogens is 318 g/mol. The summed E-state index contributed by atoms with van der Waals surface area (Å²) in [7, 11) is 0. The minimum atomic E-state index is -0.0944. The van der Waals surface area contributed by atoms with Crippen LogP contribution in [0, 0.1) is 0 Å². The van der Waals surface area contributed by atoms with Crippen molar-refractivity contribution in [2.24, 2.45) is 0 Å². The summed E-state index contributed by atoms with van der Waals surface area (Å²) in [5, 5.41) is 2.85. The number of carbonyl (C=O) groups is 2. The molecule has 0 saturated heterocycles. The first-order valence-corrected chi connectivity index (χ1v) is 8.33. The zero-order valence-electron chi connectivity index (χ0n) is 14.4. The number of benzene rings is 2. The number of anilines is 1. The minimum Gasteiger partial charge on any atom is -0.486 e. The number of nitrogens with one attached hydrogen (secondary N) is 1. The van der Waals surface area contributed by atoms with Crippen molar-refractivity contribution in [1.82, 2.24) is 0 Å². The Balaban J connectivity index is 1.64. The number of carbonyl (C=O) groups excluding carboxylic acids is 2. The van der Waals surface area contributed by atoms with Gasteiger partial charge in [-0.2, -0.15) is 0 Å². The van der Waals surface area contributed by atoms with Gasteiger partial charge in [-0.15, -0.1) is 0 Å². The van der Waals surface area contributed by atoms with Gasteiger partial charge < -0.3 is 14.8 Å². The Labute approximate surface area is 147 Å². The second-order valence-electron chi connectivity index (χ2n) is 6.19. The molecular formula is C20H21NO4. The summed E-state index contributed by atoms with van der Waals surface area (Å²) in [6, 6.07) is 12.7. The molecule has 1 heterocycles. The Kier molecular flexibility index (Phi) is 5.03. The van der Waals surface area contributed by atoms with Crippen molar-refractivity contribution in [3.8, 4) is 11.5 Å². The van der Waals surface area contributed by atoms with Gasteiger partial charge in [0.05, 0.1) is 0 Å². The third-order valence-corrected chi connectivity index (χ3v) is 4.18. The highest BCUT2D eigenvalue weighted by atomic mass is 16.6. The van der Waals surface area contributed by atoms with Gasteiger partial charge in [-0.05, 0) is 42.7 Å². The van der Waals surface area contributed by atoms with Gasteiger partial charge >= 0.3 is 0 Å². The van der Waals surface area contributed by atoms with Crippen LogP contribution in [-0.4, -0.2) is 24.9 Å². The van der Waals surface area contributed by atoms with Crippen molar-refractivity contribution in [3.63, 3.8) is 0 Å². The van der Waals surface area contributed by atoms with Crippen LogP contribution >= 0.6 is 0 Å². The maximum Gasteiger partial charge on any atom is 0.224 e. The Morgan fingerprint density at radius 2 is 1.84 bits per heavy atom. The third kappa shape index (κ3) is 4.18. The summed E-state index contributed by atoms with van der Waals surface area (Å²) in [5.74, 6) is 1.38. The maximum absolute atomic E-state index is 12.3. The van der Waals surface area contributed by atoms with Crippen LogP contribution in [0.1, 0.15) is 42.1 Å². The van der Waals surface area contributed by atoms with Gasteiger partial charge in [-0.25, -0.2) is 0 Å². The maximum atomic E-state index is 12.3. The van der Waals surface area contributed by atoms with Crippen LogP contribution in [0.5, 0.6) is 11.5 Å². The van der Waals surface area contributed by atoms with Crippen LogP contribution in [0.2, 0.25) is 0 Å². The molecule has 0 saturated carbocycles. The van der Waals surface area contributed by atoms with Crippen molar-refractivity contribution in [2.45, 2.75) is 26.2 Å². The van der Waals surface area contributed by atoms with Crippen molar-refractivity contribution in [2.75, 3.05) is 18.5 Å². The van der Waals surface area contributed by atoms with Gasteiger partial charge in [-0.3, -0.25) is 9.59 Å². The van der Waals surface area contributed by atoms with E-state index in [0.717, 1.165) is 17.1 Å². The number of amides is 1. The van der Waals surface area contributed by atoms with E-state index in [1.807, 2.05) is 25.1 Å². The molecule has 5 nitrogen and oxygen atoms in total. The molecule has 0 spiro atoms. The van der Waals surface area contributed by atoms with Crippen LogP contribution in [0.25, 0.3) is 0 Å². The molecule has 1 atom stereocenters. The Morgan fingerprint density at radius 3 is 2.60 bits per heavy atom. The molecule has 0 radical (unpaired) electrons. The summed E-state index contributed by atoms with van der Waals surface area (Å²) >= 11 is 0. The SMILES string of the molecule is CC(=O)c1cccc(NC(=O)CC(C)c2ccc3c(c2)OCCO3)c1. The second kappa shape index (κ2) is 7.38. The molecule has 2 aromatic carbocycles. The minimum absolute atomic E-state index is 0.0271. The lowest BCUT2D eigenvalue weighted by Gasteiger charge is -2.20. The van der Waals surface area contributed by atoms with E-state index in [1.54, 1.807) is 24.3 Å². The predicted octanol–water partition coefficient (Wildman–Crippen LogP) is 3.79. The zero-order valence-corrected chi connectivity index (χ0v) is 14.4. The standard InChI is InChI=1S/C20H21NO4/c1-13(15-6-7-18-19(12-15)25-9-8-24-18)10-20(23)21-17-5-3-4-16(11-17)14(2)22/h3-7,11-13H,8-10H2,1-2H3,(H,21,23). The first kappa shape index (κ1) is 17.0. The molecule has 0 bridgehead atoms. The highest BCUT2D eigenvalue weighted by Crippen LogP contribution is 2.33. The smallest absolute Gasteiger partial charge is 0.224 e. The van der Waals surface area contributed by atoms with Gasteiger partial charge in [-0.1, -0.05) is 25.1 Å². The normalized spacial score (nSPS) is 13.8. The lowest BCUT2D eigenvalue weighted by atomic mass is 9.97. The molecule has 2 aromatic rings. The number of ketones is 1. The van der Waals surface area contributed by atoms with E-state index < -0.39 is 0 Å². The molecule has 1 N–H and O–H groups in total. The van der Waals surface area contributed by atoms with E-state index in [9.17, 15) is 9.59 Å². The highest BCUT2D eigenvalue weighted by molar-refractivity contribution is 5.97. The van der Waals surface area contributed by atoms with Gasteiger partial charge in [0.2, 0.25) is 5.91 Å². The van der Waals surface area contributed by atoms with Gasteiger partial charge in [0.15, 0.2) is 17.3 Å². The summed E-state index contributed by atoms with van der Waals surface area (Å²) in [5.41, 5.74) is 2.24. The lowest BCUT2D eigenvalue weighted by Crippen LogP contribution is -2.17. The third-order valence-electron chi connectivity index (χ3n) is 4.18. The number of ether oxygens (including phenoxy) is 2. The summed E-state index contributed by atoms with van der Waals surface area (Å²) < 4.78 is 11.1. The number of fused-ring (bicyclic) bond motifs is 1. The molecule has 0 aliphatic carbocycles.